The number of hydrogen-bond acceptors (Lipinski definition) is 4. The maximum atomic E-state index is 11.3. The smallest absolute Gasteiger partial charge is 0.348 e. The van der Waals surface area contributed by atoms with Crippen molar-refractivity contribution in [2.45, 2.75) is 33.3 Å². The molecule has 0 bridgehead atoms. The second-order valence-electron chi connectivity index (χ2n) is 3.46. The van der Waals surface area contributed by atoms with Gasteiger partial charge in [0, 0.05) is 13.5 Å². The summed E-state index contributed by atoms with van der Waals surface area (Å²) in [6.07, 6.45) is 0.680. The minimum Gasteiger partial charge on any atom is -0.461 e. The van der Waals surface area contributed by atoms with Gasteiger partial charge in [0.1, 0.15) is 11.6 Å². The Morgan fingerprint density at radius 1 is 1.47 bits per heavy atom. The largest absolute Gasteiger partial charge is 0.461 e. The van der Waals surface area contributed by atoms with Crippen molar-refractivity contribution >= 4 is 5.97 Å². The topological polar surface area (TPSA) is 59.3 Å². The molecule has 0 aromatic heterocycles. The van der Waals surface area contributed by atoms with E-state index in [0.717, 1.165) is 0 Å². The van der Waals surface area contributed by atoms with Gasteiger partial charge in [-0.3, -0.25) is 0 Å². The average Bonchev–Trinajstić information content (AvgIpc) is 2.17. The normalized spacial score (nSPS) is 11.4. The van der Waals surface area contributed by atoms with Crippen LogP contribution in [0, 0.1) is 11.3 Å². The van der Waals surface area contributed by atoms with E-state index >= 15 is 0 Å². The van der Waals surface area contributed by atoms with Crippen LogP contribution < -0.4 is 0 Å². The molecule has 0 heterocycles. The minimum absolute atomic E-state index is 0.0510. The summed E-state index contributed by atoms with van der Waals surface area (Å²) < 4.78 is 9.93. The van der Waals surface area contributed by atoms with Crippen LogP contribution in [-0.4, -0.2) is 25.8 Å². The van der Waals surface area contributed by atoms with E-state index in [0.29, 0.717) is 12.0 Å². The maximum absolute atomic E-state index is 11.3. The summed E-state index contributed by atoms with van der Waals surface area (Å²) in [5.41, 5.74) is 0.752. The summed E-state index contributed by atoms with van der Waals surface area (Å²) in [5.74, 6) is -0.555. The summed E-state index contributed by atoms with van der Waals surface area (Å²) >= 11 is 0. The van der Waals surface area contributed by atoms with E-state index in [4.69, 9.17) is 14.7 Å². The molecule has 0 radical (unpaired) electrons. The number of ether oxygens (including phenoxy) is 2. The van der Waals surface area contributed by atoms with Gasteiger partial charge in [0.05, 0.1) is 12.7 Å². The van der Waals surface area contributed by atoms with E-state index in [1.54, 1.807) is 21.0 Å². The summed E-state index contributed by atoms with van der Waals surface area (Å²) in [6, 6.07) is 1.83. The molecule has 0 spiro atoms. The fraction of sp³-hybridized carbons (Fsp3) is 0.636. The molecule has 0 N–H and O–H groups in total. The third-order valence-electron chi connectivity index (χ3n) is 1.98. The van der Waals surface area contributed by atoms with Crippen LogP contribution in [0.1, 0.15) is 27.2 Å². The van der Waals surface area contributed by atoms with Crippen LogP contribution in [0.5, 0.6) is 0 Å². The summed E-state index contributed by atoms with van der Waals surface area (Å²) in [7, 11) is 1.60. The first-order valence-corrected chi connectivity index (χ1v) is 4.80. The Morgan fingerprint density at radius 3 is 2.47 bits per heavy atom. The van der Waals surface area contributed by atoms with Gasteiger partial charge in [0.2, 0.25) is 0 Å². The van der Waals surface area contributed by atoms with E-state index in [1.165, 1.54) is 0 Å². The van der Waals surface area contributed by atoms with Gasteiger partial charge in [0.15, 0.2) is 0 Å². The van der Waals surface area contributed by atoms with E-state index in [-0.39, 0.29) is 18.3 Å². The van der Waals surface area contributed by atoms with Gasteiger partial charge in [-0.15, -0.1) is 0 Å². The van der Waals surface area contributed by atoms with E-state index < -0.39 is 5.97 Å². The lowest BCUT2D eigenvalue weighted by Crippen LogP contribution is -2.14. The third kappa shape index (κ3) is 5.18. The molecule has 0 fully saturated rings. The predicted molar refractivity (Wildman–Crippen MR) is 56.0 cm³/mol. The second kappa shape index (κ2) is 7.02. The highest BCUT2D eigenvalue weighted by atomic mass is 16.5. The Balaban J connectivity index is 4.06. The number of rotatable bonds is 5. The molecule has 0 saturated carbocycles. The zero-order valence-electron chi connectivity index (χ0n) is 9.66. The molecular weight excluding hydrogens is 194 g/mol. The van der Waals surface area contributed by atoms with Crippen molar-refractivity contribution in [3.63, 3.8) is 0 Å². The third-order valence-corrected chi connectivity index (χ3v) is 1.98. The number of nitrogens with zero attached hydrogens (tertiary/aromatic N) is 1. The highest BCUT2D eigenvalue weighted by Crippen LogP contribution is 2.05. The Bertz CT molecular complexity index is 285. The second-order valence-corrected chi connectivity index (χ2v) is 3.46. The van der Waals surface area contributed by atoms with Crippen LogP contribution in [0.15, 0.2) is 11.1 Å². The van der Waals surface area contributed by atoms with Gasteiger partial charge < -0.3 is 9.47 Å². The number of allylic oxidation sites excluding steroid dienone is 1. The number of esters is 1. The molecule has 0 aliphatic carbocycles. The average molecular weight is 211 g/mol. The minimum atomic E-state index is -0.555. The number of methoxy groups -OCH3 is 1. The first kappa shape index (κ1) is 13.7. The van der Waals surface area contributed by atoms with Crippen molar-refractivity contribution in [2.24, 2.45) is 0 Å². The van der Waals surface area contributed by atoms with Crippen molar-refractivity contribution in [2.75, 3.05) is 13.7 Å². The van der Waals surface area contributed by atoms with Gasteiger partial charge >= 0.3 is 5.97 Å². The summed E-state index contributed by atoms with van der Waals surface area (Å²) in [6.45, 7) is 5.57. The van der Waals surface area contributed by atoms with E-state index in [2.05, 4.69) is 0 Å². The van der Waals surface area contributed by atoms with Crippen LogP contribution in [-0.2, 0) is 14.3 Å². The monoisotopic (exact) mass is 211 g/mol. The first-order valence-electron chi connectivity index (χ1n) is 4.80. The molecule has 4 heteroatoms. The van der Waals surface area contributed by atoms with Gasteiger partial charge in [-0.1, -0.05) is 5.57 Å². The number of hydrogen-bond donors (Lipinski definition) is 0. The highest BCUT2D eigenvalue weighted by molar-refractivity contribution is 5.93. The Hall–Kier alpha value is -1.34. The van der Waals surface area contributed by atoms with Crippen molar-refractivity contribution in [3.8, 4) is 6.07 Å². The fourth-order valence-electron chi connectivity index (χ4n) is 0.869. The van der Waals surface area contributed by atoms with E-state index in [1.807, 2.05) is 13.0 Å². The van der Waals surface area contributed by atoms with Crippen molar-refractivity contribution < 1.29 is 14.3 Å². The van der Waals surface area contributed by atoms with Gasteiger partial charge in [-0.25, -0.2) is 4.79 Å². The predicted octanol–water partition coefficient (Wildman–Crippen LogP) is 1.81. The van der Waals surface area contributed by atoms with Crippen LogP contribution in [0.2, 0.25) is 0 Å². The molecule has 15 heavy (non-hydrogen) atoms. The zero-order valence-corrected chi connectivity index (χ0v) is 9.66. The molecule has 0 aliphatic heterocycles. The summed E-state index contributed by atoms with van der Waals surface area (Å²) in [4.78, 5) is 11.3. The number of carbonyl (C=O) groups excluding carboxylic acids is 1. The molecule has 1 unspecified atom stereocenters. The van der Waals surface area contributed by atoms with Gasteiger partial charge in [0.25, 0.3) is 0 Å². The lowest BCUT2D eigenvalue weighted by Gasteiger charge is -2.09. The molecule has 0 rings (SSSR count). The molecule has 4 nitrogen and oxygen atoms in total. The van der Waals surface area contributed by atoms with Crippen molar-refractivity contribution in [1.29, 1.82) is 5.26 Å². The van der Waals surface area contributed by atoms with Crippen LogP contribution in [0.25, 0.3) is 0 Å². The molecule has 0 aromatic carbocycles. The molecule has 84 valence electrons. The molecule has 1 atom stereocenters. The van der Waals surface area contributed by atoms with Crippen LogP contribution in [0.4, 0.5) is 0 Å². The van der Waals surface area contributed by atoms with Crippen molar-refractivity contribution in [1.82, 2.24) is 0 Å². The summed E-state index contributed by atoms with van der Waals surface area (Å²) in [5, 5.41) is 8.69. The SMILES string of the molecule is COC(C)CCOC(=O)C(C#N)=C(C)C. The number of nitriles is 1. The molecule has 0 aromatic rings. The number of carbonyl (C=O) groups is 1. The van der Waals surface area contributed by atoms with Crippen molar-refractivity contribution in [3.05, 3.63) is 11.1 Å². The van der Waals surface area contributed by atoms with Crippen LogP contribution >= 0.6 is 0 Å². The lowest BCUT2D eigenvalue weighted by atomic mass is 10.2. The zero-order chi connectivity index (χ0) is 11.8. The maximum Gasteiger partial charge on any atom is 0.348 e. The van der Waals surface area contributed by atoms with E-state index in [9.17, 15) is 4.79 Å². The lowest BCUT2D eigenvalue weighted by molar-refractivity contribution is -0.139. The van der Waals surface area contributed by atoms with Gasteiger partial charge in [-0.2, -0.15) is 5.26 Å². The fourth-order valence-corrected chi connectivity index (χ4v) is 0.869. The highest BCUT2D eigenvalue weighted by Gasteiger charge is 2.12. The quantitative estimate of drug-likeness (QED) is 0.395. The Morgan fingerprint density at radius 2 is 2.07 bits per heavy atom. The molecular formula is C11H17NO3. The molecule has 0 amide bonds. The van der Waals surface area contributed by atoms with Gasteiger partial charge in [-0.05, 0) is 20.8 Å². The standard InChI is InChI=1S/C11H17NO3/c1-8(2)10(7-12)11(13)15-6-5-9(3)14-4/h9H,5-6H2,1-4H3. The first-order chi connectivity index (χ1) is 7.02. The molecule has 0 saturated heterocycles. The van der Waals surface area contributed by atoms with Crippen LogP contribution in [0.3, 0.4) is 0 Å². The Labute approximate surface area is 90.5 Å². The Kier molecular flexibility index (Phi) is 6.39. The molecule has 0 aliphatic rings.